The minimum absolute atomic E-state index is 0. The van der Waals surface area contributed by atoms with Crippen molar-refractivity contribution in [3.05, 3.63) is 38.0 Å². The third kappa shape index (κ3) is 36.5. The summed E-state index contributed by atoms with van der Waals surface area (Å²) in [5.41, 5.74) is 4.53. The maximum atomic E-state index is 9.47. The predicted molar refractivity (Wildman–Crippen MR) is 73.4 cm³/mol. The SMILES string of the molecule is C=CC(N)=O.C=CC[N+](C)(C)CC=C.CC=O.[Cl-]. The highest BCUT2D eigenvalue weighted by Gasteiger charge is 2.07. The van der Waals surface area contributed by atoms with E-state index in [9.17, 15) is 4.79 Å². The molecule has 0 rings (SSSR count). The molecule has 5 heteroatoms. The lowest BCUT2D eigenvalue weighted by molar-refractivity contribution is -0.878. The largest absolute Gasteiger partial charge is 1.00 e. The Bertz CT molecular complexity index is 239. The van der Waals surface area contributed by atoms with Gasteiger partial charge in [0.15, 0.2) is 0 Å². The molecule has 0 saturated heterocycles. The van der Waals surface area contributed by atoms with Crippen molar-refractivity contribution < 1.29 is 26.5 Å². The van der Waals surface area contributed by atoms with Crippen LogP contribution in [0.2, 0.25) is 0 Å². The van der Waals surface area contributed by atoms with Crippen LogP contribution in [0.5, 0.6) is 0 Å². The minimum atomic E-state index is -0.481. The van der Waals surface area contributed by atoms with Gasteiger partial charge in [-0.15, -0.1) is 0 Å². The highest BCUT2D eigenvalue weighted by Crippen LogP contribution is 1.95. The molecule has 0 aromatic heterocycles. The van der Waals surface area contributed by atoms with Crippen molar-refractivity contribution in [2.45, 2.75) is 6.92 Å². The van der Waals surface area contributed by atoms with Gasteiger partial charge in [0.1, 0.15) is 6.29 Å². The van der Waals surface area contributed by atoms with E-state index < -0.39 is 5.91 Å². The number of aldehydes is 1. The van der Waals surface area contributed by atoms with Crippen LogP contribution in [-0.4, -0.2) is 43.9 Å². The maximum absolute atomic E-state index is 9.47. The van der Waals surface area contributed by atoms with E-state index in [2.05, 4.69) is 39.6 Å². The Labute approximate surface area is 117 Å². The van der Waals surface area contributed by atoms with E-state index in [0.717, 1.165) is 29.9 Å². The third-order valence-corrected chi connectivity index (χ3v) is 1.45. The molecule has 0 atom stereocenters. The van der Waals surface area contributed by atoms with Gasteiger partial charge >= 0.3 is 0 Å². The number of amides is 1. The van der Waals surface area contributed by atoms with Crippen molar-refractivity contribution in [2.75, 3.05) is 27.2 Å². The lowest BCUT2D eigenvalue weighted by Gasteiger charge is -2.26. The maximum Gasteiger partial charge on any atom is 0.240 e. The van der Waals surface area contributed by atoms with Crippen LogP contribution in [0.3, 0.4) is 0 Å². The zero-order valence-corrected chi connectivity index (χ0v) is 12.3. The van der Waals surface area contributed by atoms with Gasteiger partial charge in [0, 0.05) is 0 Å². The van der Waals surface area contributed by atoms with Crippen LogP contribution in [-0.2, 0) is 9.59 Å². The van der Waals surface area contributed by atoms with Crippen molar-refractivity contribution in [1.82, 2.24) is 0 Å². The molecule has 0 fully saturated rings. The van der Waals surface area contributed by atoms with E-state index in [-0.39, 0.29) is 12.4 Å². The van der Waals surface area contributed by atoms with Crippen LogP contribution < -0.4 is 18.1 Å². The molecule has 4 nitrogen and oxygen atoms in total. The molecule has 0 unspecified atom stereocenters. The monoisotopic (exact) mass is 276 g/mol. The van der Waals surface area contributed by atoms with Crippen molar-refractivity contribution in [2.24, 2.45) is 5.73 Å². The summed E-state index contributed by atoms with van der Waals surface area (Å²) in [6, 6.07) is 0. The summed E-state index contributed by atoms with van der Waals surface area (Å²) in [6.07, 6.45) is 5.67. The average molecular weight is 277 g/mol. The Morgan fingerprint density at radius 2 is 1.39 bits per heavy atom. The molecule has 106 valence electrons. The third-order valence-electron chi connectivity index (χ3n) is 1.45. The lowest BCUT2D eigenvalue weighted by Crippen LogP contribution is -3.00. The zero-order chi connectivity index (χ0) is 14.3. The Morgan fingerprint density at radius 1 is 1.17 bits per heavy atom. The van der Waals surface area contributed by atoms with E-state index in [1.54, 1.807) is 0 Å². The van der Waals surface area contributed by atoms with Gasteiger partial charge in [-0.05, 0) is 25.2 Å². The molecule has 0 aliphatic heterocycles. The smallest absolute Gasteiger partial charge is 0.240 e. The number of rotatable bonds is 5. The summed E-state index contributed by atoms with van der Waals surface area (Å²) in [7, 11) is 4.31. The molecule has 0 bridgehead atoms. The molecule has 0 aromatic carbocycles. The van der Waals surface area contributed by atoms with Gasteiger partial charge in [-0.2, -0.15) is 0 Å². The molecule has 18 heavy (non-hydrogen) atoms. The van der Waals surface area contributed by atoms with Crippen LogP contribution in [0.4, 0.5) is 0 Å². The fourth-order valence-corrected chi connectivity index (χ4v) is 0.774. The highest BCUT2D eigenvalue weighted by molar-refractivity contribution is 5.84. The minimum Gasteiger partial charge on any atom is -1.00 e. The quantitative estimate of drug-likeness (QED) is 0.282. The van der Waals surface area contributed by atoms with Crippen LogP contribution in [0, 0.1) is 0 Å². The van der Waals surface area contributed by atoms with Gasteiger partial charge in [0.05, 0.1) is 27.2 Å². The second-order valence-corrected chi connectivity index (χ2v) is 3.72. The molecule has 1 amide bonds. The number of nitrogens with two attached hydrogens (primary N) is 1. The molecule has 0 radical (unpaired) electrons. The Hall–Kier alpha value is -1.39. The lowest BCUT2D eigenvalue weighted by atomic mass is 10.4. The van der Waals surface area contributed by atoms with E-state index >= 15 is 0 Å². The number of carbonyl (C=O) groups excluding carboxylic acids is 2. The second-order valence-electron chi connectivity index (χ2n) is 3.72. The Morgan fingerprint density at radius 3 is 1.50 bits per heavy atom. The van der Waals surface area contributed by atoms with E-state index in [1.165, 1.54) is 6.92 Å². The van der Waals surface area contributed by atoms with Gasteiger partial charge in [-0.1, -0.05) is 19.7 Å². The van der Waals surface area contributed by atoms with E-state index in [0.29, 0.717) is 0 Å². The number of halogens is 1. The fourth-order valence-electron chi connectivity index (χ4n) is 0.774. The van der Waals surface area contributed by atoms with Gasteiger partial charge in [0.25, 0.3) is 0 Å². The summed E-state index contributed by atoms with van der Waals surface area (Å²) in [5.74, 6) is -0.481. The second kappa shape index (κ2) is 18.0. The average Bonchev–Trinajstić information content (AvgIpc) is 2.19. The van der Waals surface area contributed by atoms with Gasteiger partial charge < -0.3 is 27.4 Å². The number of likely N-dealkylation sites (N-methyl/N-ethyl adjacent to an activating group) is 1. The number of primary amides is 1. The summed E-state index contributed by atoms with van der Waals surface area (Å²) in [4.78, 5) is 18.3. The van der Waals surface area contributed by atoms with Crippen molar-refractivity contribution in [3.63, 3.8) is 0 Å². The first-order chi connectivity index (χ1) is 7.81. The summed E-state index contributed by atoms with van der Waals surface area (Å²) < 4.78 is 0.951. The molecule has 0 heterocycles. The summed E-state index contributed by atoms with van der Waals surface area (Å²) in [6.45, 7) is 13.9. The fraction of sp³-hybridized carbons (Fsp3) is 0.385. The number of quaternary nitrogens is 1. The molecular weight excluding hydrogens is 252 g/mol. The molecule has 0 spiro atoms. The van der Waals surface area contributed by atoms with E-state index in [4.69, 9.17) is 4.79 Å². The number of carbonyl (C=O) groups is 2. The zero-order valence-electron chi connectivity index (χ0n) is 11.6. The first-order valence-electron chi connectivity index (χ1n) is 5.16. The normalized spacial score (nSPS) is 7.94. The van der Waals surface area contributed by atoms with Gasteiger partial charge in [-0.25, -0.2) is 0 Å². The standard InChI is InChI=1S/C8H16N.C3H5NO.C2H4O.ClH/c1-5-7-9(3,4)8-6-2;1-2-3(4)5;1-2-3;/h5-6H,1-2,7-8H2,3-4H3;2H,1H2,(H2,4,5);2H,1H3;1H/q+1;;;/p-1. The number of hydrogen-bond acceptors (Lipinski definition) is 2. The first-order valence-corrected chi connectivity index (χ1v) is 5.16. The van der Waals surface area contributed by atoms with Crippen LogP contribution in [0.25, 0.3) is 0 Å². The highest BCUT2D eigenvalue weighted by atomic mass is 35.5. The Kier molecular flexibility index (Phi) is 25.4. The number of hydrogen-bond donors (Lipinski definition) is 1. The molecule has 0 aliphatic rings. The topological polar surface area (TPSA) is 60.2 Å². The molecular formula is C13H25ClN2O2. The van der Waals surface area contributed by atoms with Gasteiger partial charge in [0.2, 0.25) is 5.91 Å². The van der Waals surface area contributed by atoms with Gasteiger partial charge in [-0.3, -0.25) is 4.79 Å². The van der Waals surface area contributed by atoms with Crippen molar-refractivity contribution in [3.8, 4) is 0 Å². The van der Waals surface area contributed by atoms with Crippen LogP contribution in [0.1, 0.15) is 6.92 Å². The molecule has 0 aliphatic carbocycles. The first kappa shape index (κ1) is 25.5. The molecule has 0 saturated carbocycles. The van der Waals surface area contributed by atoms with Crippen molar-refractivity contribution in [1.29, 1.82) is 0 Å². The van der Waals surface area contributed by atoms with Crippen LogP contribution >= 0.6 is 0 Å². The Balaban J connectivity index is -0.0000000931. The summed E-state index contributed by atoms with van der Waals surface area (Å²) in [5, 5.41) is 0. The molecule has 0 aromatic rings. The molecule has 2 N–H and O–H groups in total. The van der Waals surface area contributed by atoms with Crippen LogP contribution in [0.15, 0.2) is 38.0 Å². The van der Waals surface area contributed by atoms with E-state index in [1.807, 2.05) is 12.2 Å². The predicted octanol–water partition coefficient (Wildman–Crippen LogP) is -1.70. The van der Waals surface area contributed by atoms with Crippen molar-refractivity contribution >= 4 is 12.2 Å². The number of nitrogens with zero attached hydrogens (tertiary/aromatic N) is 1. The summed E-state index contributed by atoms with van der Waals surface area (Å²) >= 11 is 0.